The zero-order chi connectivity index (χ0) is 8.55. The minimum Gasteiger partial charge on any atom is -0.337 e. The third-order valence-corrected chi connectivity index (χ3v) is 2.40. The highest BCUT2D eigenvalue weighted by Gasteiger charge is 2.22. The lowest BCUT2D eigenvalue weighted by molar-refractivity contribution is 0.701. The first-order valence-electron chi connectivity index (χ1n) is 4.39. The zero-order valence-electron chi connectivity index (χ0n) is 7.56. The van der Waals surface area contributed by atoms with Gasteiger partial charge in [0.05, 0.1) is 0 Å². The first kappa shape index (κ1) is 7.58. The Morgan fingerprint density at radius 3 is 2.92 bits per heavy atom. The lowest BCUT2D eigenvalue weighted by Crippen LogP contribution is -2.27. The molecule has 12 heavy (non-hydrogen) atoms. The Morgan fingerprint density at radius 1 is 1.58 bits per heavy atom. The fourth-order valence-electron chi connectivity index (χ4n) is 1.69. The number of nitrogens with zero attached hydrogens (tertiary/aromatic N) is 4. The maximum atomic E-state index is 4.27. The van der Waals surface area contributed by atoms with Gasteiger partial charge in [-0.2, -0.15) is 0 Å². The van der Waals surface area contributed by atoms with Gasteiger partial charge in [0.1, 0.15) is 6.33 Å². The van der Waals surface area contributed by atoms with Gasteiger partial charge in [0, 0.05) is 19.6 Å². The predicted octanol–water partition coefficient (Wildman–Crippen LogP) is 0.804. The summed E-state index contributed by atoms with van der Waals surface area (Å²) in [5.41, 5.74) is 0. The largest absolute Gasteiger partial charge is 0.337 e. The van der Waals surface area contributed by atoms with Crippen molar-refractivity contribution in [1.82, 2.24) is 14.8 Å². The van der Waals surface area contributed by atoms with E-state index in [0.717, 1.165) is 12.5 Å². The molecule has 1 fully saturated rings. The molecule has 0 radical (unpaired) electrons. The minimum atomic E-state index is 0.604. The summed E-state index contributed by atoms with van der Waals surface area (Å²) in [6.45, 7) is 3.33. The van der Waals surface area contributed by atoms with E-state index >= 15 is 0 Å². The van der Waals surface area contributed by atoms with E-state index < -0.39 is 0 Å². The predicted molar refractivity (Wildman–Crippen MR) is 47.0 cm³/mol. The third kappa shape index (κ3) is 1.17. The van der Waals surface area contributed by atoms with E-state index in [4.69, 9.17) is 0 Å². The number of anilines is 1. The van der Waals surface area contributed by atoms with Crippen molar-refractivity contribution in [3.8, 4) is 0 Å². The lowest BCUT2D eigenvalue weighted by Gasteiger charge is -2.18. The molecule has 1 atom stereocenters. The molecule has 4 heteroatoms. The van der Waals surface area contributed by atoms with Crippen LogP contribution in [0.25, 0.3) is 0 Å². The smallest absolute Gasteiger partial charge is 0.244 e. The molecule has 1 aromatic heterocycles. The van der Waals surface area contributed by atoms with Gasteiger partial charge < -0.3 is 4.90 Å². The van der Waals surface area contributed by atoms with Gasteiger partial charge in [-0.3, -0.25) is 4.68 Å². The van der Waals surface area contributed by atoms with Crippen molar-refractivity contribution in [3.05, 3.63) is 6.33 Å². The van der Waals surface area contributed by atoms with Crippen molar-refractivity contribution >= 4 is 5.95 Å². The Labute approximate surface area is 72.2 Å². The van der Waals surface area contributed by atoms with Gasteiger partial charge in [-0.1, -0.05) is 0 Å². The Kier molecular flexibility index (Phi) is 1.75. The molecule has 0 aliphatic carbocycles. The molecule has 0 bridgehead atoms. The number of rotatable bonds is 1. The summed E-state index contributed by atoms with van der Waals surface area (Å²) in [5, 5.41) is 4.27. The molecule has 0 spiro atoms. The van der Waals surface area contributed by atoms with Crippen LogP contribution in [0.3, 0.4) is 0 Å². The molecule has 2 rings (SSSR count). The van der Waals surface area contributed by atoms with Crippen molar-refractivity contribution in [2.24, 2.45) is 7.05 Å². The fourth-order valence-corrected chi connectivity index (χ4v) is 1.69. The topological polar surface area (TPSA) is 34.0 Å². The SMILES string of the molecule is C[C@H]1CCCN1c1ncn(C)n1. The Balaban J connectivity index is 2.19. The average molecular weight is 166 g/mol. The highest BCUT2D eigenvalue weighted by Crippen LogP contribution is 2.20. The Hall–Kier alpha value is -1.06. The van der Waals surface area contributed by atoms with E-state index in [1.165, 1.54) is 12.8 Å². The molecule has 66 valence electrons. The molecule has 1 aromatic rings. The summed E-state index contributed by atoms with van der Waals surface area (Å²) in [6, 6.07) is 0.604. The van der Waals surface area contributed by atoms with E-state index in [-0.39, 0.29) is 0 Å². The fraction of sp³-hybridized carbons (Fsp3) is 0.750. The normalized spacial score (nSPS) is 23.5. The van der Waals surface area contributed by atoms with Crippen LogP contribution in [0.2, 0.25) is 0 Å². The second-order valence-electron chi connectivity index (χ2n) is 3.40. The second kappa shape index (κ2) is 2.77. The first-order chi connectivity index (χ1) is 5.77. The molecule has 0 saturated carbocycles. The summed E-state index contributed by atoms with van der Waals surface area (Å²) in [4.78, 5) is 6.49. The minimum absolute atomic E-state index is 0.604. The summed E-state index contributed by atoms with van der Waals surface area (Å²) >= 11 is 0. The van der Waals surface area contributed by atoms with Crippen LogP contribution in [0.15, 0.2) is 6.33 Å². The molecule has 0 N–H and O–H groups in total. The van der Waals surface area contributed by atoms with Gasteiger partial charge >= 0.3 is 0 Å². The highest BCUT2D eigenvalue weighted by molar-refractivity contribution is 5.30. The van der Waals surface area contributed by atoms with Crippen LogP contribution in [0.5, 0.6) is 0 Å². The molecule has 1 saturated heterocycles. The van der Waals surface area contributed by atoms with Crippen LogP contribution in [0, 0.1) is 0 Å². The Morgan fingerprint density at radius 2 is 2.42 bits per heavy atom. The van der Waals surface area contributed by atoms with Gasteiger partial charge in [0.25, 0.3) is 0 Å². The van der Waals surface area contributed by atoms with Gasteiger partial charge in [-0.25, -0.2) is 4.98 Å². The van der Waals surface area contributed by atoms with Crippen LogP contribution in [0.1, 0.15) is 19.8 Å². The van der Waals surface area contributed by atoms with Gasteiger partial charge in [-0.05, 0) is 19.8 Å². The monoisotopic (exact) mass is 166 g/mol. The number of hydrogen-bond acceptors (Lipinski definition) is 3. The molecule has 0 unspecified atom stereocenters. The number of aromatic nitrogens is 3. The van der Waals surface area contributed by atoms with Crippen LogP contribution < -0.4 is 4.90 Å². The molecular weight excluding hydrogens is 152 g/mol. The quantitative estimate of drug-likeness (QED) is 0.619. The van der Waals surface area contributed by atoms with E-state index in [0.29, 0.717) is 6.04 Å². The summed E-state index contributed by atoms with van der Waals surface area (Å²) in [5.74, 6) is 0.877. The van der Waals surface area contributed by atoms with Crippen LogP contribution in [0.4, 0.5) is 5.95 Å². The van der Waals surface area contributed by atoms with Gasteiger partial charge in [0.2, 0.25) is 5.95 Å². The second-order valence-corrected chi connectivity index (χ2v) is 3.40. The maximum Gasteiger partial charge on any atom is 0.244 e. The van der Waals surface area contributed by atoms with Crippen molar-refractivity contribution in [2.75, 3.05) is 11.4 Å². The molecule has 1 aliphatic heterocycles. The van der Waals surface area contributed by atoms with E-state index in [1.807, 2.05) is 7.05 Å². The standard InChI is InChI=1S/C8H14N4/c1-7-4-3-5-12(7)8-9-6-11(2)10-8/h6-7H,3-5H2,1-2H3/t7-/m0/s1. The molecule has 0 amide bonds. The molecule has 0 aromatic carbocycles. The molecule has 1 aliphatic rings. The summed E-state index contributed by atoms with van der Waals surface area (Å²) < 4.78 is 1.75. The maximum absolute atomic E-state index is 4.27. The van der Waals surface area contributed by atoms with Crippen LogP contribution in [-0.4, -0.2) is 27.4 Å². The van der Waals surface area contributed by atoms with Crippen LogP contribution in [-0.2, 0) is 7.05 Å². The number of aryl methyl sites for hydroxylation is 1. The van der Waals surface area contributed by atoms with E-state index in [9.17, 15) is 0 Å². The van der Waals surface area contributed by atoms with Crippen molar-refractivity contribution < 1.29 is 0 Å². The van der Waals surface area contributed by atoms with Crippen molar-refractivity contribution in [2.45, 2.75) is 25.8 Å². The van der Waals surface area contributed by atoms with Crippen molar-refractivity contribution in [3.63, 3.8) is 0 Å². The number of hydrogen-bond donors (Lipinski definition) is 0. The van der Waals surface area contributed by atoms with Crippen molar-refractivity contribution in [1.29, 1.82) is 0 Å². The van der Waals surface area contributed by atoms with E-state index in [1.54, 1.807) is 11.0 Å². The Bertz CT molecular complexity index is 268. The average Bonchev–Trinajstić information content (AvgIpc) is 2.58. The third-order valence-electron chi connectivity index (χ3n) is 2.40. The summed E-state index contributed by atoms with van der Waals surface area (Å²) in [7, 11) is 1.90. The lowest BCUT2D eigenvalue weighted by atomic mass is 10.2. The highest BCUT2D eigenvalue weighted by atomic mass is 15.4. The van der Waals surface area contributed by atoms with E-state index in [2.05, 4.69) is 21.9 Å². The molecule has 2 heterocycles. The van der Waals surface area contributed by atoms with Gasteiger partial charge in [0.15, 0.2) is 0 Å². The molecule has 4 nitrogen and oxygen atoms in total. The first-order valence-corrected chi connectivity index (χ1v) is 4.39. The summed E-state index contributed by atoms with van der Waals surface area (Å²) in [6.07, 6.45) is 4.28. The zero-order valence-corrected chi connectivity index (χ0v) is 7.56. The van der Waals surface area contributed by atoms with Gasteiger partial charge in [-0.15, -0.1) is 5.10 Å². The molecular formula is C8H14N4. The van der Waals surface area contributed by atoms with Crippen LogP contribution >= 0.6 is 0 Å².